The van der Waals surface area contributed by atoms with Gasteiger partial charge in [0.2, 0.25) is 0 Å². The van der Waals surface area contributed by atoms with Crippen molar-refractivity contribution >= 4 is 22.5 Å². The summed E-state index contributed by atoms with van der Waals surface area (Å²) in [4.78, 5) is 17.6. The van der Waals surface area contributed by atoms with Crippen LogP contribution in [0.25, 0.3) is 10.9 Å². The second kappa shape index (κ2) is 4.83. The first kappa shape index (κ1) is 13.0. The molecule has 106 valence electrons. The van der Waals surface area contributed by atoms with E-state index in [1.54, 1.807) is 0 Å². The lowest BCUT2D eigenvalue weighted by atomic mass is 10.2. The molecule has 2 unspecified atom stereocenters. The van der Waals surface area contributed by atoms with Gasteiger partial charge in [-0.25, -0.2) is 0 Å². The predicted molar refractivity (Wildman–Crippen MR) is 78.6 cm³/mol. The molecule has 5 heteroatoms. The highest BCUT2D eigenvalue weighted by Gasteiger charge is 2.28. The Morgan fingerprint density at radius 3 is 3.00 bits per heavy atom. The van der Waals surface area contributed by atoms with E-state index in [2.05, 4.69) is 4.98 Å². The van der Waals surface area contributed by atoms with E-state index in [1.165, 1.54) is 0 Å². The number of carbonyl (C=O) groups excluding carboxylic acids is 1. The number of benzene rings is 1. The number of fused-ring (bicyclic) bond motifs is 1. The summed E-state index contributed by atoms with van der Waals surface area (Å²) in [5, 5.41) is 0.960. The number of amides is 1. The number of nitrogens with two attached hydrogens (primary N) is 1. The first-order valence-electron chi connectivity index (χ1n) is 6.85. The molecule has 0 bridgehead atoms. The van der Waals surface area contributed by atoms with Gasteiger partial charge in [-0.3, -0.25) is 4.79 Å². The second-order valence-electron chi connectivity index (χ2n) is 5.48. The number of anilines is 1. The van der Waals surface area contributed by atoms with Crippen LogP contribution in [0.15, 0.2) is 24.3 Å². The number of ether oxygens (including phenoxy) is 1. The van der Waals surface area contributed by atoms with E-state index in [0.717, 1.165) is 10.9 Å². The van der Waals surface area contributed by atoms with Gasteiger partial charge in [0.15, 0.2) is 0 Å². The molecule has 2 heterocycles. The Labute approximate surface area is 117 Å². The summed E-state index contributed by atoms with van der Waals surface area (Å²) in [6.07, 6.45) is 0.0789. The largest absolute Gasteiger partial charge is 0.399 e. The van der Waals surface area contributed by atoms with Crippen molar-refractivity contribution in [2.24, 2.45) is 0 Å². The molecule has 1 aromatic heterocycles. The Kier molecular flexibility index (Phi) is 3.14. The maximum Gasteiger partial charge on any atom is 0.270 e. The molecule has 1 amide bonds. The lowest BCUT2D eigenvalue weighted by Gasteiger charge is -2.36. The monoisotopic (exact) mass is 273 g/mol. The first-order valence-corrected chi connectivity index (χ1v) is 6.85. The van der Waals surface area contributed by atoms with Crippen LogP contribution in [0.1, 0.15) is 24.3 Å². The summed E-state index contributed by atoms with van der Waals surface area (Å²) < 4.78 is 5.56. The molecule has 3 N–H and O–H groups in total. The molecule has 20 heavy (non-hydrogen) atoms. The van der Waals surface area contributed by atoms with Crippen LogP contribution in [0.3, 0.4) is 0 Å². The van der Waals surface area contributed by atoms with Crippen LogP contribution >= 0.6 is 0 Å². The number of nitrogens with zero attached hydrogens (tertiary/aromatic N) is 1. The van der Waals surface area contributed by atoms with Crippen molar-refractivity contribution < 1.29 is 9.53 Å². The van der Waals surface area contributed by atoms with Crippen LogP contribution in [0.4, 0.5) is 5.69 Å². The molecule has 1 aliphatic heterocycles. The Morgan fingerprint density at radius 1 is 1.40 bits per heavy atom. The summed E-state index contributed by atoms with van der Waals surface area (Å²) in [5.41, 5.74) is 8.00. The molecule has 2 aromatic rings. The fraction of sp³-hybridized carbons (Fsp3) is 0.400. The van der Waals surface area contributed by atoms with Gasteiger partial charge in [-0.2, -0.15) is 0 Å². The standard InChI is InChI=1S/C15H19N3O2/c1-9-8-20-10(2)7-18(9)15(19)14-6-11-5-12(16)3-4-13(11)17-14/h3-6,9-10,17H,7-8,16H2,1-2H3. The van der Waals surface area contributed by atoms with E-state index >= 15 is 0 Å². The summed E-state index contributed by atoms with van der Waals surface area (Å²) >= 11 is 0. The van der Waals surface area contributed by atoms with E-state index in [9.17, 15) is 4.79 Å². The zero-order chi connectivity index (χ0) is 14.3. The maximum atomic E-state index is 12.6. The number of carbonyl (C=O) groups is 1. The van der Waals surface area contributed by atoms with Crippen molar-refractivity contribution in [1.29, 1.82) is 0 Å². The zero-order valence-corrected chi connectivity index (χ0v) is 11.7. The van der Waals surface area contributed by atoms with Crippen molar-refractivity contribution in [3.05, 3.63) is 30.0 Å². The minimum absolute atomic E-state index is 0.0161. The highest BCUT2D eigenvalue weighted by molar-refractivity contribution is 5.98. The van der Waals surface area contributed by atoms with Crippen LogP contribution in [0.2, 0.25) is 0 Å². The van der Waals surface area contributed by atoms with E-state index < -0.39 is 0 Å². The van der Waals surface area contributed by atoms with Gasteiger partial charge < -0.3 is 20.4 Å². The Bertz CT molecular complexity index is 650. The lowest BCUT2D eigenvalue weighted by molar-refractivity contribution is -0.0388. The van der Waals surface area contributed by atoms with Crippen LogP contribution in [0, 0.1) is 0 Å². The minimum atomic E-state index is 0.0161. The molecule has 0 spiro atoms. The highest BCUT2D eigenvalue weighted by atomic mass is 16.5. The fourth-order valence-electron chi connectivity index (χ4n) is 2.61. The Hall–Kier alpha value is -2.01. The number of nitrogens with one attached hydrogen (secondary N) is 1. The molecular weight excluding hydrogens is 254 g/mol. The van der Waals surface area contributed by atoms with Crippen molar-refractivity contribution in [3.8, 4) is 0 Å². The van der Waals surface area contributed by atoms with Gasteiger partial charge in [0.25, 0.3) is 5.91 Å². The molecular formula is C15H19N3O2. The molecule has 0 aliphatic carbocycles. The highest BCUT2D eigenvalue weighted by Crippen LogP contribution is 2.21. The quantitative estimate of drug-likeness (QED) is 0.781. The average Bonchev–Trinajstić information content (AvgIpc) is 2.83. The topological polar surface area (TPSA) is 71.3 Å². The van der Waals surface area contributed by atoms with Crippen LogP contribution in [-0.2, 0) is 4.74 Å². The normalized spacial score (nSPS) is 23.2. The van der Waals surface area contributed by atoms with Gasteiger partial charge in [-0.15, -0.1) is 0 Å². The average molecular weight is 273 g/mol. The number of aromatic nitrogens is 1. The van der Waals surface area contributed by atoms with Crippen LogP contribution < -0.4 is 5.73 Å². The molecule has 0 radical (unpaired) electrons. The van der Waals surface area contributed by atoms with Crippen LogP contribution in [-0.4, -0.2) is 41.1 Å². The van der Waals surface area contributed by atoms with E-state index in [1.807, 2.05) is 43.0 Å². The number of hydrogen-bond donors (Lipinski definition) is 2. The fourth-order valence-corrected chi connectivity index (χ4v) is 2.61. The number of H-pyrrole nitrogens is 1. The summed E-state index contributed by atoms with van der Waals surface area (Å²) in [6.45, 7) is 5.19. The van der Waals surface area contributed by atoms with Crippen molar-refractivity contribution in [1.82, 2.24) is 9.88 Å². The van der Waals surface area contributed by atoms with Crippen molar-refractivity contribution in [2.75, 3.05) is 18.9 Å². The minimum Gasteiger partial charge on any atom is -0.399 e. The van der Waals surface area contributed by atoms with Gasteiger partial charge in [0.05, 0.1) is 18.8 Å². The zero-order valence-electron chi connectivity index (χ0n) is 11.7. The maximum absolute atomic E-state index is 12.6. The molecule has 1 saturated heterocycles. The molecule has 1 aromatic carbocycles. The van der Waals surface area contributed by atoms with Gasteiger partial charge in [-0.1, -0.05) is 0 Å². The van der Waals surface area contributed by atoms with Gasteiger partial charge >= 0.3 is 0 Å². The number of hydrogen-bond acceptors (Lipinski definition) is 3. The van der Waals surface area contributed by atoms with Crippen molar-refractivity contribution in [2.45, 2.75) is 26.0 Å². The smallest absolute Gasteiger partial charge is 0.270 e. The van der Waals surface area contributed by atoms with E-state index in [4.69, 9.17) is 10.5 Å². The van der Waals surface area contributed by atoms with Crippen LogP contribution in [0.5, 0.6) is 0 Å². The Morgan fingerprint density at radius 2 is 2.20 bits per heavy atom. The third-order valence-electron chi connectivity index (χ3n) is 3.74. The third-order valence-corrected chi connectivity index (χ3v) is 3.74. The number of aromatic amines is 1. The molecule has 3 rings (SSSR count). The summed E-state index contributed by atoms with van der Waals surface area (Å²) in [5.74, 6) is 0.0161. The molecule has 2 atom stereocenters. The molecule has 0 saturated carbocycles. The van der Waals surface area contributed by atoms with E-state index in [0.29, 0.717) is 24.5 Å². The SMILES string of the molecule is CC1CN(C(=O)c2cc3cc(N)ccc3[nH]2)C(C)CO1. The van der Waals surface area contributed by atoms with E-state index in [-0.39, 0.29) is 18.1 Å². The number of morpholine rings is 1. The predicted octanol–water partition coefficient (Wildman–Crippen LogP) is 2.00. The third kappa shape index (κ3) is 2.25. The van der Waals surface area contributed by atoms with Crippen molar-refractivity contribution in [3.63, 3.8) is 0 Å². The van der Waals surface area contributed by atoms with Gasteiger partial charge in [0, 0.05) is 23.1 Å². The number of nitrogen functional groups attached to an aromatic ring is 1. The lowest BCUT2D eigenvalue weighted by Crippen LogP contribution is -2.50. The molecule has 1 fully saturated rings. The first-order chi connectivity index (χ1) is 9.54. The van der Waals surface area contributed by atoms with Gasteiger partial charge in [-0.05, 0) is 38.1 Å². The number of rotatable bonds is 1. The molecule has 5 nitrogen and oxygen atoms in total. The summed E-state index contributed by atoms with van der Waals surface area (Å²) in [7, 11) is 0. The summed E-state index contributed by atoms with van der Waals surface area (Å²) in [6, 6.07) is 7.55. The molecule has 1 aliphatic rings. The second-order valence-corrected chi connectivity index (χ2v) is 5.48. The Balaban J connectivity index is 1.91. The van der Waals surface area contributed by atoms with Gasteiger partial charge in [0.1, 0.15) is 5.69 Å².